The van der Waals surface area contributed by atoms with Crippen LogP contribution in [0.1, 0.15) is 24.0 Å². The van der Waals surface area contributed by atoms with Gasteiger partial charge in [-0.1, -0.05) is 12.2 Å². The number of nitro benzene ring substituents is 4. The third-order valence-electron chi connectivity index (χ3n) is 6.90. The van der Waals surface area contributed by atoms with Crippen LogP contribution in [0, 0.1) is 40.5 Å². The maximum atomic E-state index is 11.3. The Morgan fingerprint density at radius 3 is 1.24 bits per heavy atom. The van der Waals surface area contributed by atoms with E-state index in [9.17, 15) is 40.5 Å². The van der Waals surface area contributed by atoms with E-state index in [0.29, 0.717) is 39.0 Å². The first-order valence-electron chi connectivity index (χ1n) is 14.1. The van der Waals surface area contributed by atoms with Gasteiger partial charge in [-0.05, 0) is 23.3 Å². The van der Waals surface area contributed by atoms with E-state index in [1.165, 1.54) is 24.3 Å². The lowest BCUT2D eigenvalue weighted by Gasteiger charge is -2.06. The van der Waals surface area contributed by atoms with Crippen molar-refractivity contribution in [2.24, 2.45) is 0 Å². The molecule has 0 aliphatic heterocycles. The molecule has 0 radical (unpaired) electrons. The molecule has 0 amide bonds. The molecule has 4 rings (SSSR count). The highest BCUT2D eigenvalue weighted by Crippen LogP contribution is 2.29. The lowest BCUT2D eigenvalue weighted by atomic mass is 10.2. The predicted octanol–water partition coefficient (Wildman–Crippen LogP) is 5.07. The molecule has 16 nitrogen and oxygen atoms in total. The first-order chi connectivity index (χ1) is 22.1. The minimum Gasteiger partial charge on any atom is -0.379 e. The molecule has 0 aliphatic carbocycles. The minimum absolute atomic E-state index is 0.234. The molecule has 0 spiro atoms. The molecule has 2 heterocycles. The molecule has 0 atom stereocenters. The van der Waals surface area contributed by atoms with Crippen molar-refractivity contribution in [3.8, 4) is 0 Å². The van der Waals surface area contributed by atoms with Crippen LogP contribution in [0.15, 0.2) is 85.5 Å². The van der Waals surface area contributed by atoms with Crippen LogP contribution >= 0.6 is 0 Å². The third kappa shape index (κ3) is 9.09. The Hall–Kier alpha value is -6.32. The number of hydrogen-bond acceptors (Lipinski definition) is 10. The quantitative estimate of drug-likeness (QED) is 0.0727. The summed E-state index contributed by atoms with van der Waals surface area (Å²) in [5, 5.41) is 50.3. The predicted molar refractivity (Wildman–Crippen MR) is 168 cm³/mol. The Morgan fingerprint density at radius 1 is 0.543 bits per heavy atom. The average Bonchev–Trinajstić information content (AvgIpc) is 3.05. The summed E-state index contributed by atoms with van der Waals surface area (Å²) in [4.78, 5) is 41.7. The fourth-order valence-corrected chi connectivity index (χ4v) is 4.49. The fraction of sp³-hybridized carbons (Fsp3) is 0.200. The molecule has 46 heavy (non-hydrogen) atoms. The number of pyridine rings is 2. The van der Waals surface area contributed by atoms with E-state index < -0.39 is 19.7 Å². The van der Waals surface area contributed by atoms with E-state index in [0.717, 1.165) is 23.3 Å². The van der Waals surface area contributed by atoms with E-state index in [1.807, 2.05) is 70.3 Å². The molecule has 0 saturated heterocycles. The van der Waals surface area contributed by atoms with Crippen LogP contribution in [0.4, 0.5) is 34.1 Å². The number of rotatable bonds is 16. The van der Waals surface area contributed by atoms with E-state index in [4.69, 9.17) is 0 Å². The van der Waals surface area contributed by atoms with Gasteiger partial charge in [-0.2, -0.15) is 0 Å². The van der Waals surface area contributed by atoms with Crippen LogP contribution in [-0.4, -0.2) is 32.8 Å². The largest absolute Gasteiger partial charge is 0.379 e. The summed E-state index contributed by atoms with van der Waals surface area (Å²) < 4.78 is 3.98. The van der Waals surface area contributed by atoms with Crippen LogP contribution in [0.5, 0.6) is 0 Å². The Bertz CT molecular complexity index is 1630. The second-order valence-corrected chi connectivity index (χ2v) is 10.1. The molecular weight excluding hydrogens is 600 g/mol. The Kier molecular flexibility index (Phi) is 10.9. The highest BCUT2D eigenvalue weighted by atomic mass is 16.6. The molecular formula is C30H30N8O8+2. The zero-order chi connectivity index (χ0) is 33.1. The molecule has 0 fully saturated rings. The summed E-state index contributed by atoms with van der Waals surface area (Å²) in [6.07, 6.45) is 13.1. The molecule has 236 valence electrons. The summed E-state index contributed by atoms with van der Waals surface area (Å²) >= 11 is 0. The van der Waals surface area contributed by atoms with E-state index >= 15 is 0 Å². The summed E-state index contributed by atoms with van der Waals surface area (Å²) in [5.41, 5.74) is 1.12. The number of nitrogens with one attached hydrogen (secondary N) is 2. The summed E-state index contributed by atoms with van der Waals surface area (Å²) in [6, 6.07) is 14.9. The molecule has 0 aliphatic rings. The van der Waals surface area contributed by atoms with Crippen molar-refractivity contribution in [3.63, 3.8) is 0 Å². The first-order valence-corrected chi connectivity index (χ1v) is 14.1. The van der Waals surface area contributed by atoms with Crippen molar-refractivity contribution in [1.29, 1.82) is 0 Å². The SMILES string of the molecule is O=[N+]([O-])c1ccc(NCCC[n+]2ccc(/C=C/c3cc[n+](CCCNc4ccc([N+](=O)[O-])cc4[N+](=O)[O-])cc3)cc2)c([N+](=O)[O-])c1. The van der Waals surface area contributed by atoms with Gasteiger partial charge in [-0.3, -0.25) is 40.5 Å². The average molecular weight is 631 g/mol. The number of benzene rings is 2. The smallest absolute Gasteiger partial charge is 0.299 e. The van der Waals surface area contributed by atoms with E-state index in [-0.39, 0.29) is 34.1 Å². The van der Waals surface area contributed by atoms with Crippen LogP contribution in [-0.2, 0) is 13.1 Å². The lowest BCUT2D eigenvalue weighted by molar-refractivity contribution is -0.697. The zero-order valence-corrected chi connectivity index (χ0v) is 24.4. The highest BCUT2D eigenvalue weighted by molar-refractivity contribution is 5.69. The lowest BCUT2D eigenvalue weighted by Crippen LogP contribution is -2.33. The van der Waals surface area contributed by atoms with Gasteiger partial charge >= 0.3 is 0 Å². The van der Waals surface area contributed by atoms with Gasteiger partial charge in [0.05, 0.1) is 31.8 Å². The summed E-state index contributed by atoms with van der Waals surface area (Å²) in [5.74, 6) is 0. The Balaban J connectivity index is 1.20. The molecule has 16 heteroatoms. The number of non-ortho nitro benzene ring substituents is 2. The molecule has 4 aromatic rings. The molecule has 0 unspecified atom stereocenters. The number of aryl methyl sites for hydroxylation is 2. The van der Waals surface area contributed by atoms with Gasteiger partial charge in [-0.15, -0.1) is 0 Å². The Morgan fingerprint density at radius 2 is 0.913 bits per heavy atom. The highest BCUT2D eigenvalue weighted by Gasteiger charge is 2.20. The standard InChI is InChI=1S/C30H30N8O8/c39-35(40)25-5-7-27(29(21-25)37(43)44)31-13-1-15-33-17-9-23(10-18-33)3-4-24-11-19-34(20-12-24)16-2-14-32-28-8-6-26(36(41)42)22-30(28)38(45)46/h3-12,17-22,31-32H,1-2,13-16H2/q+2/b4-3+. The van der Waals surface area contributed by atoms with Crippen molar-refractivity contribution in [3.05, 3.63) is 137 Å². The van der Waals surface area contributed by atoms with Crippen molar-refractivity contribution < 1.29 is 28.8 Å². The number of nitro groups is 4. The van der Waals surface area contributed by atoms with Gasteiger partial charge in [0, 0.05) is 62.3 Å². The minimum atomic E-state index is -0.668. The van der Waals surface area contributed by atoms with E-state index in [2.05, 4.69) is 10.6 Å². The van der Waals surface area contributed by atoms with Crippen LogP contribution in [0.25, 0.3) is 12.2 Å². The van der Waals surface area contributed by atoms with Gasteiger partial charge in [0.2, 0.25) is 0 Å². The monoisotopic (exact) mass is 630 g/mol. The molecule has 0 bridgehead atoms. The molecule has 2 aromatic heterocycles. The number of aromatic nitrogens is 2. The van der Waals surface area contributed by atoms with Crippen molar-refractivity contribution in [2.45, 2.75) is 25.9 Å². The molecule has 2 N–H and O–H groups in total. The van der Waals surface area contributed by atoms with Crippen LogP contribution in [0.2, 0.25) is 0 Å². The second-order valence-electron chi connectivity index (χ2n) is 10.1. The van der Waals surface area contributed by atoms with Gasteiger partial charge in [0.1, 0.15) is 24.5 Å². The molecule has 0 saturated carbocycles. The summed E-state index contributed by atoms with van der Waals surface area (Å²) in [7, 11) is 0. The Labute approximate surface area is 261 Å². The zero-order valence-electron chi connectivity index (χ0n) is 24.4. The third-order valence-corrected chi connectivity index (χ3v) is 6.90. The first kappa shape index (κ1) is 32.6. The molecule has 2 aromatic carbocycles. The van der Waals surface area contributed by atoms with Crippen LogP contribution in [0.3, 0.4) is 0 Å². The normalized spacial score (nSPS) is 10.9. The topological polar surface area (TPSA) is 204 Å². The maximum absolute atomic E-state index is 11.3. The van der Waals surface area contributed by atoms with Gasteiger partial charge in [0.25, 0.3) is 22.7 Å². The van der Waals surface area contributed by atoms with Gasteiger partial charge in [-0.25, -0.2) is 9.13 Å². The number of anilines is 2. The number of hydrogen-bond donors (Lipinski definition) is 2. The second kappa shape index (κ2) is 15.4. The van der Waals surface area contributed by atoms with Gasteiger partial charge < -0.3 is 10.6 Å². The van der Waals surface area contributed by atoms with Crippen molar-refractivity contribution >= 4 is 46.3 Å². The van der Waals surface area contributed by atoms with E-state index in [1.54, 1.807) is 0 Å². The van der Waals surface area contributed by atoms with Crippen LogP contribution < -0.4 is 19.8 Å². The van der Waals surface area contributed by atoms with Gasteiger partial charge in [0.15, 0.2) is 24.8 Å². The maximum Gasteiger partial charge on any atom is 0.299 e. The number of nitrogens with zero attached hydrogens (tertiary/aromatic N) is 6. The van der Waals surface area contributed by atoms with Crippen molar-refractivity contribution in [1.82, 2.24) is 0 Å². The van der Waals surface area contributed by atoms with Crippen molar-refractivity contribution in [2.75, 3.05) is 23.7 Å². The fourth-order valence-electron chi connectivity index (χ4n) is 4.49. The summed E-state index contributed by atoms with van der Waals surface area (Å²) in [6.45, 7) is 2.22.